The van der Waals surface area contributed by atoms with Crippen molar-refractivity contribution in [3.05, 3.63) is 28.3 Å². The minimum Gasteiger partial charge on any atom is -0.506 e. The number of nitriles is 2. The summed E-state index contributed by atoms with van der Waals surface area (Å²) >= 11 is 5.55. The lowest BCUT2D eigenvalue weighted by Gasteiger charge is -1.98. The van der Waals surface area contributed by atoms with Crippen LogP contribution < -0.4 is 0 Å². The first kappa shape index (κ1) is 8.39. The van der Waals surface area contributed by atoms with E-state index in [0.717, 1.165) is 0 Å². The maximum atomic E-state index is 9.06. The highest BCUT2D eigenvalue weighted by molar-refractivity contribution is 6.33. The molecular weight excluding hydrogens is 176 g/mol. The molecule has 1 N–H and O–H groups in total. The van der Waals surface area contributed by atoms with E-state index in [0.29, 0.717) is 0 Å². The average Bonchev–Trinajstić information content (AvgIpc) is 2.09. The summed E-state index contributed by atoms with van der Waals surface area (Å²) in [5.41, 5.74) is 0.180. The molecule has 0 saturated heterocycles. The molecule has 0 radical (unpaired) electrons. The Morgan fingerprint density at radius 2 is 1.92 bits per heavy atom. The zero-order valence-corrected chi connectivity index (χ0v) is 6.63. The van der Waals surface area contributed by atoms with E-state index in [1.807, 2.05) is 0 Å². The van der Waals surface area contributed by atoms with E-state index in [1.165, 1.54) is 12.1 Å². The molecule has 0 aliphatic carbocycles. The number of phenols is 1. The van der Waals surface area contributed by atoms with Gasteiger partial charge in [-0.15, -0.1) is 0 Å². The molecule has 0 bridgehead atoms. The summed E-state index contributed by atoms with van der Waals surface area (Å²) in [5, 5.41) is 26.1. The van der Waals surface area contributed by atoms with Gasteiger partial charge in [-0.2, -0.15) is 10.5 Å². The monoisotopic (exact) mass is 178 g/mol. The van der Waals surface area contributed by atoms with E-state index < -0.39 is 0 Å². The third-order valence-corrected chi connectivity index (χ3v) is 1.74. The molecule has 0 atom stereocenters. The maximum absolute atomic E-state index is 9.06. The molecule has 1 aromatic carbocycles. The molecule has 0 aliphatic rings. The molecular formula is C8H3ClN2O. The Morgan fingerprint density at radius 3 is 2.42 bits per heavy atom. The van der Waals surface area contributed by atoms with Crippen LogP contribution in [0.5, 0.6) is 5.75 Å². The largest absolute Gasteiger partial charge is 0.506 e. The van der Waals surface area contributed by atoms with Crippen molar-refractivity contribution in [1.82, 2.24) is 0 Å². The second kappa shape index (κ2) is 3.13. The SMILES string of the molecule is N#Cc1ccc(O)c(Cl)c1C#N. The number of aromatic hydroxyl groups is 1. The second-order valence-electron chi connectivity index (χ2n) is 2.04. The van der Waals surface area contributed by atoms with E-state index in [1.54, 1.807) is 12.1 Å². The van der Waals surface area contributed by atoms with Gasteiger partial charge >= 0.3 is 0 Å². The number of phenolic OH excluding ortho intramolecular Hbond substituents is 1. The standard InChI is InChI=1S/C8H3ClN2O/c9-8-6(4-11)5(3-10)1-2-7(8)12/h1-2,12H. The molecule has 0 aliphatic heterocycles. The second-order valence-corrected chi connectivity index (χ2v) is 2.42. The quantitative estimate of drug-likeness (QED) is 0.659. The lowest BCUT2D eigenvalue weighted by atomic mass is 10.1. The van der Waals surface area contributed by atoms with Crippen molar-refractivity contribution in [2.24, 2.45) is 0 Å². The Kier molecular flexibility index (Phi) is 2.19. The van der Waals surface area contributed by atoms with Crippen LogP contribution in [0.15, 0.2) is 12.1 Å². The van der Waals surface area contributed by atoms with E-state index in [4.69, 9.17) is 27.2 Å². The smallest absolute Gasteiger partial charge is 0.135 e. The highest BCUT2D eigenvalue weighted by Crippen LogP contribution is 2.28. The fourth-order valence-corrected chi connectivity index (χ4v) is 0.975. The van der Waals surface area contributed by atoms with Gasteiger partial charge in [-0.3, -0.25) is 0 Å². The van der Waals surface area contributed by atoms with Crippen molar-refractivity contribution < 1.29 is 5.11 Å². The predicted octanol–water partition coefficient (Wildman–Crippen LogP) is 1.79. The zero-order chi connectivity index (χ0) is 9.14. The molecule has 1 aromatic rings. The van der Waals surface area contributed by atoms with Gasteiger partial charge in [0.15, 0.2) is 0 Å². The third kappa shape index (κ3) is 1.18. The Bertz CT molecular complexity index is 401. The molecule has 0 aromatic heterocycles. The molecule has 3 nitrogen and oxygen atoms in total. The Labute approximate surface area is 74.0 Å². The van der Waals surface area contributed by atoms with Gasteiger partial charge in [0.05, 0.1) is 11.1 Å². The fourth-order valence-electron chi connectivity index (χ4n) is 0.768. The van der Waals surface area contributed by atoms with Gasteiger partial charge in [0, 0.05) is 0 Å². The van der Waals surface area contributed by atoms with Gasteiger partial charge in [-0.25, -0.2) is 0 Å². The molecule has 1 rings (SSSR count). The highest BCUT2D eigenvalue weighted by Gasteiger charge is 2.09. The Hall–Kier alpha value is -1.71. The van der Waals surface area contributed by atoms with Crippen molar-refractivity contribution in [2.75, 3.05) is 0 Å². The van der Waals surface area contributed by atoms with Crippen LogP contribution in [0, 0.1) is 22.7 Å². The minimum atomic E-state index is -0.188. The number of hydrogen-bond acceptors (Lipinski definition) is 3. The van der Waals surface area contributed by atoms with Crippen molar-refractivity contribution in [3.63, 3.8) is 0 Å². The summed E-state index contributed by atoms with van der Waals surface area (Å²) in [6, 6.07) is 6.16. The molecule has 0 fully saturated rings. The summed E-state index contributed by atoms with van der Waals surface area (Å²) in [5.74, 6) is -0.188. The van der Waals surface area contributed by atoms with Gasteiger partial charge < -0.3 is 5.11 Å². The van der Waals surface area contributed by atoms with Crippen LogP contribution >= 0.6 is 11.6 Å². The lowest BCUT2D eigenvalue weighted by Crippen LogP contribution is -1.84. The van der Waals surface area contributed by atoms with E-state index >= 15 is 0 Å². The summed E-state index contributed by atoms with van der Waals surface area (Å²) in [6.45, 7) is 0. The first-order chi connectivity index (χ1) is 5.70. The minimum absolute atomic E-state index is 0.0131. The Morgan fingerprint density at radius 1 is 1.25 bits per heavy atom. The van der Waals surface area contributed by atoms with Crippen molar-refractivity contribution >= 4 is 11.6 Å². The molecule has 0 heterocycles. The molecule has 12 heavy (non-hydrogen) atoms. The van der Waals surface area contributed by atoms with Crippen molar-refractivity contribution in [2.45, 2.75) is 0 Å². The van der Waals surface area contributed by atoms with Crippen LogP contribution in [0.1, 0.15) is 11.1 Å². The topological polar surface area (TPSA) is 67.8 Å². The van der Waals surface area contributed by atoms with Crippen LogP contribution in [0.3, 0.4) is 0 Å². The van der Waals surface area contributed by atoms with Crippen LogP contribution in [0.25, 0.3) is 0 Å². The molecule has 0 amide bonds. The van der Waals surface area contributed by atoms with E-state index in [2.05, 4.69) is 0 Å². The summed E-state index contributed by atoms with van der Waals surface area (Å²) in [7, 11) is 0. The van der Waals surface area contributed by atoms with Crippen molar-refractivity contribution in [1.29, 1.82) is 10.5 Å². The Balaban J connectivity index is 3.52. The number of halogens is 1. The number of hydrogen-bond donors (Lipinski definition) is 1. The number of benzene rings is 1. The first-order valence-corrected chi connectivity index (χ1v) is 3.40. The van der Waals surface area contributed by atoms with Gasteiger partial charge in [-0.05, 0) is 12.1 Å². The van der Waals surface area contributed by atoms with Gasteiger partial charge in [0.1, 0.15) is 22.9 Å². The van der Waals surface area contributed by atoms with Crippen LogP contribution in [-0.4, -0.2) is 5.11 Å². The fraction of sp³-hybridized carbons (Fsp3) is 0. The summed E-state index contributed by atoms with van der Waals surface area (Å²) in [6.07, 6.45) is 0. The summed E-state index contributed by atoms with van der Waals surface area (Å²) < 4.78 is 0. The average molecular weight is 179 g/mol. The molecule has 0 spiro atoms. The van der Waals surface area contributed by atoms with Crippen molar-refractivity contribution in [3.8, 4) is 17.9 Å². The number of rotatable bonds is 0. The molecule has 0 saturated carbocycles. The number of nitrogens with zero attached hydrogens (tertiary/aromatic N) is 2. The third-order valence-electron chi connectivity index (χ3n) is 1.35. The predicted molar refractivity (Wildman–Crippen MR) is 42.5 cm³/mol. The van der Waals surface area contributed by atoms with E-state index in [9.17, 15) is 0 Å². The molecule has 58 valence electrons. The zero-order valence-electron chi connectivity index (χ0n) is 5.87. The van der Waals surface area contributed by atoms with Gasteiger partial charge in [0.2, 0.25) is 0 Å². The lowest BCUT2D eigenvalue weighted by molar-refractivity contribution is 0.475. The maximum Gasteiger partial charge on any atom is 0.135 e. The molecule has 4 heteroatoms. The van der Waals surface area contributed by atoms with Gasteiger partial charge in [-0.1, -0.05) is 11.6 Å². The normalized spacial score (nSPS) is 8.58. The van der Waals surface area contributed by atoms with Gasteiger partial charge in [0.25, 0.3) is 0 Å². The molecule has 0 unspecified atom stereocenters. The first-order valence-electron chi connectivity index (χ1n) is 3.02. The van der Waals surface area contributed by atoms with Crippen LogP contribution in [0.4, 0.5) is 0 Å². The van der Waals surface area contributed by atoms with Crippen LogP contribution in [-0.2, 0) is 0 Å². The van der Waals surface area contributed by atoms with E-state index in [-0.39, 0.29) is 21.9 Å². The summed E-state index contributed by atoms with van der Waals surface area (Å²) in [4.78, 5) is 0. The van der Waals surface area contributed by atoms with Crippen LogP contribution in [0.2, 0.25) is 5.02 Å². The highest BCUT2D eigenvalue weighted by atomic mass is 35.5.